The van der Waals surface area contributed by atoms with E-state index in [1.165, 1.54) is 0 Å². The number of allylic oxidation sites excluding steroid dienone is 2. The maximum absolute atomic E-state index is 7.43. The molecule has 0 aromatic carbocycles. The lowest BCUT2D eigenvalue weighted by Crippen LogP contribution is -2.07. The molecule has 1 aliphatic rings. The lowest BCUT2D eigenvalue weighted by molar-refractivity contribution is 1.08. The molecule has 0 atom stereocenters. The molecule has 0 amide bonds. The van der Waals surface area contributed by atoms with Crippen LogP contribution >= 0.6 is 11.6 Å². The summed E-state index contributed by atoms with van der Waals surface area (Å²) in [6.45, 7) is 0. The van der Waals surface area contributed by atoms with E-state index in [2.05, 4.69) is 10.3 Å². The van der Waals surface area contributed by atoms with Crippen molar-refractivity contribution in [2.24, 2.45) is 4.99 Å². The van der Waals surface area contributed by atoms with Crippen LogP contribution in [0.25, 0.3) is 0 Å². The monoisotopic (exact) mass is 169 g/mol. The predicted molar refractivity (Wildman–Crippen MR) is 47.3 cm³/mol. The first-order chi connectivity index (χ1) is 5.25. The van der Waals surface area contributed by atoms with E-state index in [0.29, 0.717) is 10.7 Å². The lowest BCUT2D eigenvalue weighted by Gasteiger charge is -2.05. The number of aliphatic imine (C=N–C) groups is 1. The van der Waals surface area contributed by atoms with Crippen molar-refractivity contribution in [3.63, 3.8) is 0 Å². The summed E-state index contributed by atoms with van der Waals surface area (Å²) in [7, 11) is 1.75. The molecule has 0 spiro atoms. The normalized spacial score (nSPS) is 20.4. The molecule has 3 nitrogen and oxygen atoms in total. The van der Waals surface area contributed by atoms with Crippen molar-refractivity contribution in [3.05, 3.63) is 23.0 Å². The molecule has 0 radical (unpaired) electrons. The molecule has 1 aliphatic heterocycles. The van der Waals surface area contributed by atoms with Gasteiger partial charge < -0.3 is 5.32 Å². The number of nitrogens with one attached hydrogen (secondary N) is 2. The Hall–Kier alpha value is -1.09. The van der Waals surface area contributed by atoms with E-state index in [9.17, 15) is 0 Å². The first-order valence-electron chi connectivity index (χ1n) is 3.12. The summed E-state index contributed by atoms with van der Waals surface area (Å²) in [5.74, 6) is 0. The summed E-state index contributed by atoms with van der Waals surface area (Å²) in [4.78, 5) is 3.94. The van der Waals surface area contributed by atoms with Gasteiger partial charge in [-0.25, -0.2) is 0 Å². The third-order valence-electron chi connectivity index (χ3n) is 1.21. The molecular formula is C7H8ClN3. The van der Waals surface area contributed by atoms with E-state index in [1.54, 1.807) is 25.5 Å². The summed E-state index contributed by atoms with van der Waals surface area (Å²) in [5.41, 5.74) is 0.809. The number of nitrogens with zero attached hydrogens (tertiary/aromatic N) is 1. The van der Waals surface area contributed by atoms with Crippen LogP contribution in [0.2, 0.25) is 0 Å². The quantitative estimate of drug-likeness (QED) is 0.610. The number of rotatable bonds is 1. The molecule has 1 rings (SSSR count). The molecule has 0 aromatic heterocycles. The van der Waals surface area contributed by atoms with Gasteiger partial charge in [0, 0.05) is 19.5 Å². The highest BCUT2D eigenvalue weighted by atomic mass is 35.5. The van der Waals surface area contributed by atoms with Crippen molar-refractivity contribution in [2.75, 3.05) is 7.05 Å². The zero-order valence-corrected chi connectivity index (χ0v) is 6.81. The van der Waals surface area contributed by atoms with Gasteiger partial charge in [-0.1, -0.05) is 11.6 Å². The topological polar surface area (TPSA) is 48.2 Å². The van der Waals surface area contributed by atoms with Gasteiger partial charge in [-0.15, -0.1) is 0 Å². The molecule has 0 unspecified atom stereocenters. The van der Waals surface area contributed by atoms with E-state index in [1.807, 2.05) is 0 Å². The van der Waals surface area contributed by atoms with Gasteiger partial charge in [0.2, 0.25) is 0 Å². The highest BCUT2D eigenvalue weighted by molar-refractivity contribution is 6.47. The van der Waals surface area contributed by atoms with E-state index >= 15 is 0 Å². The van der Waals surface area contributed by atoms with Gasteiger partial charge in [-0.05, 0) is 6.08 Å². The van der Waals surface area contributed by atoms with Gasteiger partial charge in [0.05, 0.1) is 10.7 Å². The van der Waals surface area contributed by atoms with Crippen LogP contribution < -0.4 is 5.32 Å². The van der Waals surface area contributed by atoms with Crippen LogP contribution in [0, 0.1) is 5.41 Å². The first-order valence-corrected chi connectivity index (χ1v) is 3.50. The number of hydrogen-bond acceptors (Lipinski definition) is 3. The molecule has 0 fully saturated rings. The fourth-order valence-electron chi connectivity index (χ4n) is 0.699. The Labute approximate surface area is 70.0 Å². The molecule has 0 aromatic rings. The summed E-state index contributed by atoms with van der Waals surface area (Å²) < 4.78 is 0. The predicted octanol–water partition coefficient (Wildman–Crippen LogP) is 1.27. The standard InChI is InChI=1S/C7H8ClN3/c1-10-4-6-7(9)5(8)2-3-11-6/h2-4,9-10H,1H3/b6-4+,9-7?. The van der Waals surface area contributed by atoms with Crippen LogP contribution in [0.3, 0.4) is 0 Å². The first kappa shape index (κ1) is 8.01. The summed E-state index contributed by atoms with van der Waals surface area (Å²) >= 11 is 5.67. The van der Waals surface area contributed by atoms with Gasteiger partial charge in [0.25, 0.3) is 0 Å². The van der Waals surface area contributed by atoms with Gasteiger partial charge in [0.1, 0.15) is 5.70 Å². The van der Waals surface area contributed by atoms with Crippen LogP contribution in [0.5, 0.6) is 0 Å². The highest BCUT2D eigenvalue weighted by Gasteiger charge is 2.09. The van der Waals surface area contributed by atoms with E-state index in [0.717, 1.165) is 0 Å². The zero-order valence-electron chi connectivity index (χ0n) is 6.06. The van der Waals surface area contributed by atoms with Gasteiger partial charge in [-0.3, -0.25) is 10.4 Å². The SMILES string of the molecule is CN/C=C1/N=CC=C(Cl)C1=N. The van der Waals surface area contributed by atoms with Gasteiger partial charge in [0.15, 0.2) is 0 Å². The van der Waals surface area contributed by atoms with Crippen LogP contribution in [-0.4, -0.2) is 19.0 Å². The van der Waals surface area contributed by atoms with Crippen molar-refractivity contribution < 1.29 is 0 Å². The minimum absolute atomic E-state index is 0.253. The Morgan fingerprint density at radius 1 is 1.73 bits per heavy atom. The second-order valence-electron chi connectivity index (χ2n) is 1.99. The Morgan fingerprint density at radius 2 is 2.45 bits per heavy atom. The summed E-state index contributed by atoms with van der Waals surface area (Å²) in [6, 6.07) is 0. The Balaban J connectivity index is 2.90. The Morgan fingerprint density at radius 3 is 3.09 bits per heavy atom. The third kappa shape index (κ3) is 1.68. The summed E-state index contributed by atoms with van der Waals surface area (Å²) in [6.07, 6.45) is 4.80. The number of hydrogen-bond donors (Lipinski definition) is 2. The molecule has 58 valence electrons. The minimum Gasteiger partial charge on any atom is -0.392 e. The van der Waals surface area contributed by atoms with Crippen LogP contribution in [0.1, 0.15) is 0 Å². The van der Waals surface area contributed by atoms with E-state index in [4.69, 9.17) is 17.0 Å². The maximum Gasteiger partial charge on any atom is 0.105 e. The van der Waals surface area contributed by atoms with E-state index in [-0.39, 0.29) is 5.71 Å². The van der Waals surface area contributed by atoms with Crippen molar-refractivity contribution >= 4 is 23.5 Å². The van der Waals surface area contributed by atoms with Crippen LogP contribution in [-0.2, 0) is 0 Å². The molecule has 0 bridgehead atoms. The Bertz CT molecular complexity index is 263. The molecule has 1 heterocycles. The Kier molecular flexibility index (Phi) is 2.44. The lowest BCUT2D eigenvalue weighted by atomic mass is 10.2. The maximum atomic E-state index is 7.43. The summed E-state index contributed by atoms with van der Waals surface area (Å²) in [5, 5.41) is 10.6. The van der Waals surface area contributed by atoms with Gasteiger partial charge in [-0.2, -0.15) is 0 Å². The fourth-order valence-corrected chi connectivity index (χ4v) is 0.853. The number of dihydropyridines is 1. The molecule has 4 heteroatoms. The van der Waals surface area contributed by atoms with Crippen molar-refractivity contribution in [2.45, 2.75) is 0 Å². The fraction of sp³-hybridized carbons (Fsp3) is 0.143. The van der Waals surface area contributed by atoms with Crippen LogP contribution in [0.4, 0.5) is 0 Å². The van der Waals surface area contributed by atoms with Gasteiger partial charge >= 0.3 is 0 Å². The second kappa shape index (κ2) is 3.34. The minimum atomic E-state index is 0.253. The van der Waals surface area contributed by atoms with Crippen molar-refractivity contribution in [1.29, 1.82) is 5.41 Å². The molecular weight excluding hydrogens is 162 g/mol. The third-order valence-corrected chi connectivity index (χ3v) is 1.53. The average molecular weight is 170 g/mol. The smallest absolute Gasteiger partial charge is 0.105 e. The average Bonchev–Trinajstić information content (AvgIpc) is 1.99. The largest absolute Gasteiger partial charge is 0.392 e. The molecule has 2 N–H and O–H groups in total. The van der Waals surface area contributed by atoms with Crippen molar-refractivity contribution in [1.82, 2.24) is 5.32 Å². The molecule has 11 heavy (non-hydrogen) atoms. The molecule has 0 aliphatic carbocycles. The zero-order chi connectivity index (χ0) is 8.27. The van der Waals surface area contributed by atoms with Crippen molar-refractivity contribution in [3.8, 4) is 0 Å². The highest BCUT2D eigenvalue weighted by Crippen LogP contribution is 2.14. The molecule has 0 saturated carbocycles. The van der Waals surface area contributed by atoms with E-state index < -0.39 is 0 Å². The van der Waals surface area contributed by atoms with Crippen LogP contribution in [0.15, 0.2) is 28.0 Å². The second-order valence-corrected chi connectivity index (χ2v) is 2.39. The molecule has 0 saturated heterocycles. The number of halogens is 1.